The minimum atomic E-state index is -1.06. The van der Waals surface area contributed by atoms with E-state index in [1.54, 1.807) is 0 Å². The minimum absolute atomic E-state index is 0.197. The van der Waals surface area contributed by atoms with Gasteiger partial charge in [-0.3, -0.25) is 0 Å². The topological polar surface area (TPSA) is 79.2 Å². The lowest BCUT2D eigenvalue weighted by molar-refractivity contribution is -0.257. The summed E-state index contributed by atoms with van der Waals surface area (Å²) in [6, 6.07) is 0. The molecule has 0 aromatic rings. The molecule has 0 aromatic carbocycles. The quantitative estimate of drug-likeness (QED) is 0.444. The highest BCUT2D eigenvalue weighted by molar-refractivity contribution is 14.1. The Hall–Kier alpha value is 0.530. The van der Waals surface area contributed by atoms with E-state index in [-0.39, 0.29) is 10.5 Å². The van der Waals surface area contributed by atoms with E-state index < -0.39 is 24.6 Å². The van der Waals surface area contributed by atoms with E-state index in [0.717, 1.165) is 0 Å². The van der Waals surface area contributed by atoms with Crippen molar-refractivity contribution < 1.29 is 24.8 Å². The Balaban J connectivity index is 2.66. The highest BCUT2D eigenvalue weighted by atomic mass is 123. The van der Waals surface area contributed by atoms with Crippen LogP contribution in [0.4, 0.5) is 0 Å². The number of ether oxygens (including phenoxy) is 2. The van der Waals surface area contributed by atoms with E-state index in [4.69, 9.17) is 14.6 Å². The van der Waals surface area contributed by atoms with Gasteiger partial charge in [0.25, 0.3) is 0 Å². The second-order valence-corrected chi connectivity index (χ2v) is 4.33. The summed E-state index contributed by atoms with van der Waals surface area (Å²) in [4.78, 5) is 0. The van der Waals surface area contributed by atoms with Crippen LogP contribution in [0.25, 0.3) is 0 Å². The van der Waals surface area contributed by atoms with E-state index in [9.17, 15) is 10.2 Å². The molecule has 0 aromatic heterocycles. The summed E-state index contributed by atoms with van der Waals surface area (Å²) >= 11 is 1.94. The van der Waals surface area contributed by atoms with Gasteiger partial charge in [0.15, 0.2) is 6.29 Å². The Kier molecular flexibility index (Phi) is 4.33. The van der Waals surface area contributed by atoms with Crippen LogP contribution in [-0.2, 0) is 9.47 Å². The van der Waals surface area contributed by atoms with Gasteiger partial charge in [0.2, 0.25) is 0 Å². The largest absolute Gasteiger partial charge is 0.394 e. The van der Waals surface area contributed by atoms with Crippen molar-refractivity contribution in [2.45, 2.75) is 28.5 Å². The van der Waals surface area contributed by atoms with Gasteiger partial charge in [0, 0.05) is 7.11 Å². The fourth-order valence-corrected chi connectivity index (χ4v) is 2.06. The van der Waals surface area contributed by atoms with Crippen molar-refractivity contribution in [1.29, 1.82) is 0 Å². The molecule has 0 amide bonds. The van der Waals surface area contributed by atoms with Crippen LogP contribution in [0.5, 0.6) is 0 Å². The molecule has 1 saturated heterocycles. The summed E-state index contributed by atoms with van der Waals surface area (Å²) < 4.78 is 9.67. The molecule has 1 unspecified atom stereocenters. The maximum atomic E-state index is 9.52. The molecule has 0 radical (unpaired) electrons. The smallest absolute Gasteiger partial charge is 0.186 e. The number of alkyl halides is 1. The van der Waals surface area contributed by atoms with Crippen LogP contribution in [0.2, 0.25) is 0 Å². The van der Waals surface area contributed by atoms with Crippen molar-refractivity contribution in [3.63, 3.8) is 0 Å². The van der Waals surface area contributed by atoms with Gasteiger partial charge in [-0.15, -0.1) is 0 Å². The molecule has 5 atom stereocenters. The Bertz CT molecular complexity index is 147. The van der Waals surface area contributed by atoms with Crippen LogP contribution in [0.3, 0.4) is 0 Å². The van der Waals surface area contributed by atoms with Gasteiger partial charge in [0.05, 0.1) is 22.7 Å². The van der Waals surface area contributed by atoms with Crippen LogP contribution in [0.1, 0.15) is 0 Å². The Morgan fingerprint density at radius 2 is 2.00 bits per heavy atom. The average Bonchev–Trinajstić information content (AvgIpc) is 2.15. The van der Waals surface area contributed by atoms with Gasteiger partial charge in [-0.1, -0.05) is 22.6 Å². The molecule has 0 bridgehead atoms. The Morgan fingerprint density at radius 3 is 2.46 bits per heavy atom. The molecule has 1 aliphatic heterocycles. The Morgan fingerprint density at radius 1 is 1.38 bits per heavy atom. The molecule has 1 aliphatic rings. The predicted octanol–water partition coefficient (Wildman–Crippen LogP) is -1.12. The highest BCUT2D eigenvalue weighted by Crippen LogP contribution is 2.26. The standard InChI is InChI=1S/C7H13IO5/c1-12-7-6(11)5(10)4(8)3(2-9)13-7/h3-7,9-11H,2H2,1H3/t3-,4-,5+,6-,7?/m1/s1/i8-4. The van der Waals surface area contributed by atoms with Crippen molar-refractivity contribution in [3.8, 4) is 0 Å². The summed E-state index contributed by atoms with van der Waals surface area (Å²) in [7, 11) is 1.38. The monoisotopic (exact) mass is 300 g/mol. The first-order valence-electron chi connectivity index (χ1n) is 3.91. The van der Waals surface area contributed by atoms with E-state index in [0.29, 0.717) is 0 Å². The third kappa shape index (κ3) is 2.31. The summed E-state index contributed by atoms with van der Waals surface area (Å²) in [6.07, 6.45) is -3.35. The molecule has 1 rings (SSSR count). The number of hydrogen-bond acceptors (Lipinski definition) is 5. The first-order chi connectivity index (χ1) is 6.11. The van der Waals surface area contributed by atoms with Crippen LogP contribution < -0.4 is 0 Å². The number of aliphatic hydroxyl groups excluding tert-OH is 3. The summed E-state index contributed by atoms with van der Waals surface area (Å²) in [5, 5.41) is 27.9. The number of methoxy groups -OCH3 is 1. The second-order valence-electron chi connectivity index (χ2n) is 2.89. The zero-order chi connectivity index (χ0) is 10.0. The first-order valence-corrected chi connectivity index (χ1v) is 5.15. The number of aliphatic hydroxyl groups is 3. The number of hydrogen-bond donors (Lipinski definition) is 3. The zero-order valence-electron chi connectivity index (χ0n) is 7.13. The van der Waals surface area contributed by atoms with E-state index in [1.807, 2.05) is 22.6 Å². The van der Waals surface area contributed by atoms with Gasteiger partial charge in [0.1, 0.15) is 6.10 Å². The summed E-state index contributed by atoms with van der Waals surface area (Å²) in [5.74, 6) is 0. The molecule has 5 nitrogen and oxygen atoms in total. The molecule has 6 heteroatoms. The molecule has 0 aliphatic carbocycles. The lowest BCUT2D eigenvalue weighted by Gasteiger charge is -2.39. The Labute approximate surface area is 89.8 Å². The zero-order valence-corrected chi connectivity index (χ0v) is 9.29. The number of halogens is 1. The van der Waals surface area contributed by atoms with Gasteiger partial charge < -0.3 is 24.8 Å². The fourth-order valence-electron chi connectivity index (χ4n) is 1.24. The minimum Gasteiger partial charge on any atom is -0.394 e. The van der Waals surface area contributed by atoms with Crippen molar-refractivity contribution in [2.24, 2.45) is 0 Å². The molecule has 13 heavy (non-hydrogen) atoms. The van der Waals surface area contributed by atoms with Crippen molar-refractivity contribution in [2.75, 3.05) is 13.7 Å². The predicted molar refractivity (Wildman–Crippen MR) is 52.6 cm³/mol. The molecular formula is C7H13IO5. The average molecular weight is 300 g/mol. The van der Waals surface area contributed by atoms with Crippen LogP contribution in [0, 0.1) is 0 Å². The molecule has 0 saturated carbocycles. The molecule has 3 N–H and O–H groups in total. The third-order valence-corrected chi connectivity index (χ3v) is 3.57. The maximum absolute atomic E-state index is 9.52. The van der Waals surface area contributed by atoms with Crippen LogP contribution in [0.15, 0.2) is 0 Å². The van der Waals surface area contributed by atoms with Gasteiger partial charge in [-0.2, -0.15) is 0 Å². The van der Waals surface area contributed by atoms with Gasteiger partial charge in [-0.05, 0) is 0 Å². The van der Waals surface area contributed by atoms with Gasteiger partial charge in [-0.25, -0.2) is 0 Å². The van der Waals surface area contributed by atoms with Gasteiger partial charge >= 0.3 is 0 Å². The first kappa shape index (κ1) is 11.6. The molecule has 1 heterocycles. The number of rotatable bonds is 2. The molecular weight excluding hydrogens is 287 g/mol. The fraction of sp³-hybridized carbons (Fsp3) is 1.00. The van der Waals surface area contributed by atoms with Crippen molar-refractivity contribution in [1.82, 2.24) is 0 Å². The summed E-state index contributed by atoms with van der Waals surface area (Å²) in [5.41, 5.74) is 0. The van der Waals surface area contributed by atoms with Crippen LogP contribution in [-0.4, -0.2) is 57.6 Å². The van der Waals surface area contributed by atoms with E-state index >= 15 is 0 Å². The summed E-state index contributed by atoms with van der Waals surface area (Å²) in [6.45, 7) is -0.197. The SMILES string of the molecule is COC1O[C@H](CO)[C@@H]([123I])[C@H](O)[C@H]1O. The van der Waals surface area contributed by atoms with Crippen molar-refractivity contribution >= 4 is 22.6 Å². The van der Waals surface area contributed by atoms with E-state index in [2.05, 4.69) is 0 Å². The maximum Gasteiger partial charge on any atom is 0.186 e. The molecule has 78 valence electrons. The normalized spacial score (nSPS) is 46.4. The lowest BCUT2D eigenvalue weighted by Crippen LogP contribution is -2.56. The van der Waals surface area contributed by atoms with Crippen LogP contribution >= 0.6 is 22.6 Å². The molecule has 0 spiro atoms. The molecule has 1 fully saturated rings. The lowest BCUT2D eigenvalue weighted by atomic mass is 10.0. The highest BCUT2D eigenvalue weighted by Gasteiger charge is 2.42. The van der Waals surface area contributed by atoms with Crippen molar-refractivity contribution in [3.05, 3.63) is 0 Å². The second kappa shape index (κ2) is 4.85. The third-order valence-electron chi connectivity index (χ3n) is 2.03. The van der Waals surface area contributed by atoms with E-state index in [1.165, 1.54) is 7.11 Å².